The topological polar surface area (TPSA) is 79.4 Å². The van der Waals surface area contributed by atoms with Crippen LogP contribution in [-0.4, -0.2) is 69.3 Å². The molecular weight excluding hydrogens is 479 g/mol. The van der Waals surface area contributed by atoms with E-state index in [4.69, 9.17) is 21.1 Å². The van der Waals surface area contributed by atoms with Gasteiger partial charge in [0.2, 0.25) is 0 Å². The second-order valence-electron chi connectivity index (χ2n) is 7.23. The fourth-order valence-electron chi connectivity index (χ4n) is 3.64. The molecule has 0 atom stereocenters. The number of amides is 1. The average Bonchev–Trinajstić information content (AvgIpc) is 3.05. The lowest BCUT2D eigenvalue weighted by molar-refractivity contribution is -0.185. The van der Waals surface area contributed by atoms with Crippen LogP contribution >= 0.6 is 11.6 Å². The fourth-order valence-corrected chi connectivity index (χ4v) is 3.80. The molecule has 0 N–H and O–H groups in total. The molecule has 182 valence electrons. The molecule has 8 nitrogen and oxygen atoms in total. The van der Waals surface area contributed by atoms with Crippen LogP contribution < -0.4 is 9.80 Å². The first-order valence-electron chi connectivity index (χ1n) is 10.0. The molecule has 0 spiro atoms. The van der Waals surface area contributed by atoms with Gasteiger partial charge in [0.05, 0.1) is 31.2 Å². The van der Waals surface area contributed by atoms with Gasteiger partial charge in [-0.1, -0.05) is 17.7 Å². The zero-order valence-electron chi connectivity index (χ0n) is 18.3. The quantitative estimate of drug-likeness (QED) is 0.589. The zero-order valence-corrected chi connectivity index (χ0v) is 19.0. The Labute approximate surface area is 198 Å². The van der Waals surface area contributed by atoms with E-state index in [1.807, 2.05) is 0 Å². The highest BCUT2D eigenvalue weighted by molar-refractivity contribution is 6.31. The van der Waals surface area contributed by atoms with E-state index in [-0.39, 0.29) is 37.4 Å². The van der Waals surface area contributed by atoms with Gasteiger partial charge in [0, 0.05) is 37.4 Å². The molecule has 2 aliphatic rings. The Kier molecular flexibility index (Phi) is 7.55. The molecule has 2 aliphatic heterocycles. The molecule has 1 saturated heterocycles. The molecule has 12 heteroatoms. The van der Waals surface area contributed by atoms with Crippen LogP contribution in [0.5, 0.6) is 0 Å². The van der Waals surface area contributed by atoms with Gasteiger partial charge in [0.15, 0.2) is 0 Å². The highest BCUT2D eigenvalue weighted by Gasteiger charge is 2.43. The number of halogens is 4. The van der Waals surface area contributed by atoms with Gasteiger partial charge in [-0.3, -0.25) is 4.79 Å². The molecule has 0 unspecified atom stereocenters. The van der Waals surface area contributed by atoms with Crippen LogP contribution in [0.2, 0.25) is 5.02 Å². The lowest BCUT2D eigenvalue weighted by atomic mass is 10.1. The number of esters is 2. The number of piperazine rings is 1. The van der Waals surface area contributed by atoms with Gasteiger partial charge < -0.3 is 24.2 Å². The minimum atomic E-state index is -4.94. The molecule has 1 aromatic carbocycles. The van der Waals surface area contributed by atoms with E-state index in [9.17, 15) is 27.6 Å². The van der Waals surface area contributed by atoms with Gasteiger partial charge in [-0.15, -0.1) is 0 Å². The minimum absolute atomic E-state index is 0.0640. The van der Waals surface area contributed by atoms with Gasteiger partial charge in [-0.25, -0.2) is 9.59 Å². The van der Waals surface area contributed by atoms with Crippen LogP contribution in [-0.2, 0) is 23.9 Å². The Morgan fingerprint density at radius 2 is 1.59 bits per heavy atom. The summed E-state index contributed by atoms with van der Waals surface area (Å²) < 4.78 is 48.1. The van der Waals surface area contributed by atoms with Crippen LogP contribution in [0.15, 0.2) is 53.9 Å². The summed E-state index contributed by atoms with van der Waals surface area (Å²) in [5.41, 5.74) is 0.713. The highest BCUT2D eigenvalue weighted by atomic mass is 35.5. The molecule has 2 heterocycles. The molecule has 1 aromatic rings. The number of carbonyl (C=O) groups is 3. The molecular formula is C22H21ClF3N3O5. The summed E-state index contributed by atoms with van der Waals surface area (Å²) >= 11 is 6.23. The largest absolute Gasteiger partial charge is 0.471 e. The smallest absolute Gasteiger partial charge is 0.465 e. The predicted molar refractivity (Wildman–Crippen MR) is 118 cm³/mol. The van der Waals surface area contributed by atoms with Crippen molar-refractivity contribution in [2.24, 2.45) is 0 Å². The third-order valence-corrected chi connectivity index (χ3v) is 5.47. The molecule has 1 amide bonds. The number of alkyl halides is 3. The van der Waals surface area contributed by atoms with Gasteiger partial charge in [0.1, 0.15) is 5.70 Å². The van der Waals surface area contributed by atoms with Crippen LogP contribution in [0, 0.1) is 0 Å². The Balaban J connectivity index is 2.02. The van der Waals surface area contributed by atoms with Crippen LogP contribution in [0.3, 0.4) is 0 Å². The summed E-state index contributed by atoms with van der Waals surface area (Å²) in [7, 11) is 2.34. The Morgan fingerprint density at radius 1 is 0.941 bits per heavy atom. The molecule has 34 heavy (non-hydrogen) atoms. The number of benzene rings is 1. The standard InChI is InChI=1S/C22H21ClF3N3O5/c1-33-19(30)15-5-3-4-8-29(18(15)20(31)34-2)17-13-14(23)6-7-16(17)27-9-11-28(12-10-27)21(32)22(24,25)26/h3-8,13H,9-12H2,1-2H3. The number of methoxy groups -OCH3 is 2. The monoisotopic (exact) mass is 499 g/mol. The van der Waals surface area contributed by atoms with Crippen molar-refractivity contribution in [1.29, 1.82) is 0 Å². The normalized spacial score (nSPS) is 16.5. The summed E-state index contributed by atoms with van der Waals surface area (Å²) in [5.74, 6) is -3.47. The fraction of sp³-hybridized carbons (Fsp3) is 0.318. The zero-order chi connectivity index (χ0) is 25.0. The maximum Gasteiger partial charge on any atom is 0.471 e. The predicted octanol–water partition coefficient (Wildman–Crippen LogP) is 3.04. The van der Waals surface area contributed by atoms with Crippen molar-refractivity contribution in [1.82, 2.24) is 4.90 Å². The molecule has 0 aromatic heterocycles. The highest BCUT2D eigenvalue weighted by Crippen LogP contribution is 2.37. The average molecular weight is 500 g/mol. The van der Waals surface area contributed by atoms with E-state index in [0.29, 0.717) is 16.4 Å². The van der Waals surface area contributed by atoms with Crippen molar-refractivity contribution in [2.45, 2.75) is 6.18 Å². The second kappa shape index (κ2) is 10.2. The van der Waals surface area contributed by atoms with Crippen molar-refractivity contribution in [3.63, 3.8) is 0 Å². The number of nitrogens with zero attached hydrogens (tertiary/aromatic N) is 3. The van der Waals surface area contributed by atoms with Crippen molar-refractivity contribution in [2.75, 3.05) is 50.2 Å². The van der Waals surface area contributed by atoms with Crippen molar-refractivity contribution >= 4 is 40.8 Å². The first kappa shape index (κ1) is 25.2. The van der Waals surface area contributed by atoms with Gasteiger partial charge in [-0.2, -0.15) is 13.2 Å². The number of hydrogen-bond acceptors (Lipinski definition) is 7. The third-order valence-electron chi connectivity index (χ3n) is 5.24. The minimum Gasteiger partial charge on any atom is -0.465 e. The molecule has 0 aliphatic carbocycles. The number of allylic oxidation sites excluding steroid dienone is 2. The molecule has 3 rings (SSSR count). The van der Waals surface area contributed by atoms with E-state index in [0.717, 1.165) is 12.0 Å². The maximum atomic E-state index is 12.8. The first-order valence-corrected chi connectivity index (χ1v) is 10.4. The van der Waals surface area contributed by atoms with Crippen LogP contribution in [0.25, 0.3) is 0 Å². The lowest BCUT2D eigenvalue weighted by Crippen LogP contribution is -2.52. The molecule has 0 saturated carbocycles. The van der Waals surface area contributed by atoms with E-state index in [1.54, 1.807) is 35.3 Å². The van der Waals surface area contributed by atoms with Gasteiger partial charge in [0.25, 0.3) is 0 Å². The van der Waals surface area contributed by atoms with E-state index in [2.05, 4.69) is 0 Å². The lowest BCUT2D eigenvalue weighted by Gasteiger charge is -2.38. The number of anilines is 2. The summed E-state index contributed by atoms with van der Waals surface area (Å²) in [5, 5.41) is 0.319. The number of ether oxygens (including phenoxy) is 2. The summed E-state index contributed by atoms with van der Waals surface area (Å²) in [4.78, 5) is 40.6. The number of carbonyl (C=O) groups excluding carboxylic acids is 3. The second-order valence-corrected chi connectivity index (χ2v) is 7.66. The summed E-state index contributed by atoms with van der Waals surface area (Å²) in [6.45, 7) is -0.0867. The van der Waals surface area contributed by atoms with E-state index < -0.39 is 24.0 Å². The third kappa shape index (κ3) is 5.19. The van der Waals surface area contributed by atoms with Gasteiger partial charge >= 0.3 is 24.0 Å². The van der Waals surface area contributed by atoms with Crippen LogP contribution in [0.4, 0.5) is 24.5 Å². The van der Waals surface area contributed by atoms with Crippen molar-refractivity contribution in [3.05, 3.63) is 58.9 Å². The molecule has 1 fully saturated rings. The van der Waals surface area contributed by atoms with Crippen molar-refractivity contribution < 1.29 is 37.0 Å². The number of hydrogen-bond donors (Lipinski definition) is 0. The number of rotatable bonds is 4. The Morgan fingerprint density at radius 3 is 2.18 bits per heavy atom. The van der Waals surface area contributed by atoms with Gasteiger partial charge in [-0.05, 0) is 30.4 Å². The van der Waals surface area contributed by atoms with E-state index >= 15 is 0 Å². The van der Waals surface area contributed by atoms with Crippen molar-refractivity contribution in [3.8, 4) is 0 Å². The Bertz CT molecular complexity index is 1080. The molecule has 0 radical (unpaired) electrons. The molecule has 0 bridgehead atoms. The SMILES string of the molecule is COC(=O)C1=C(C(=O)OC)N(c2cc(Cl)ccc2N2CCN(C(=O)C(F)(F)F)CC2)C=CC=C1. The Hall–Kier alpha value is -3.47. The maximum absolute atomic E-state index is 12.8. The summed E-state index contributed by atoms with van der Waals surface area (Å²) in [6, 6.07) is 4.80. The van der Waals surface area contributed by atoms with E-state index in [1.165, 1.54) is 24.3 Å². The summed E-state index contributed by atoms with van der Waals surface area (Å²) in [6.07, 6.45) is 1.12. The van der Waals surface area contributed by atoms with Crippen LogP contribution in [0.1, 0.15) is 0 Å². The first-order chi connectivity index (χ1) is 16.1.